The van der Waals surface area contributed by atoms with E-state index in [0.29, 0.717) is 32.0 Å². The summed E-state index contributed by atoms with van der Waals surface area (Å²) in [6, 6.07) is 0. The third-order valence-electron chi connectivity index (χ3n) is 6.90. The van der Waals surface area contributed by atoms with Crippen LogP contribution in [0.4, 0.5) is 0 Å². The lowest BCUT2D eigenvalue weighted by Crippen LogP contribution is -2.14. The highest BCUT2D eigenvalue weighted by Crippen LogP contribution is 2.15. The van der Waals surface area contributed by atoms with E-state index in [2.05, 4.69) is 20.8 Å². The van der Waals surface area contributed by atoms with E-state index in [4.69, 9.17) is 9.47 Å². The molecular formula is C31H60O4. The number of hydrogen-bond acceptors (Lipinski definition) is 4. The molecule has 0 aromatic heterocycles. The predicted molar refractivity (Wildman–Crippen MR) is 149 cm³/mol. The number of ether oxygens (including phenoxy) is 2. The Labute approximate surface area is 218 Å². The molecule has 4 nitrogen and oxygen atoms in total. The molecule has 0 bridgehead atoms. The zero-order chi connectivity index (χ0) is 25.8. The van der Waals surface area contributed by atoms with Gasteiger partial charge in [-0.15, -0.1) is 0 Å². The molecule has 0 unspecified atom stereocenters. The molecule has 0 aliphatic heterocycles. The Morgan fingerprint density at radius 1 is 0.486 bits per heavy atom. The fourth-order valence-corrected chi connectivity index (χ4v) is 4.68. The molecule has 0 fully saturated rings. The molecule has 0 saturated heterocycles. The normalized spacial score (nSPS) is 11.2. The minimum atomic E-state index is -0.0391. The number of carbonyl (C=O) groups is 2. The summed E-state index contributed by atoms with van der Waals surface area (Å²) in [5, 5.41) is 0. The topological polar surface area (TPSA) is 52.6 Å². The quantitative estimate of drug-likeness (QED) is 0.0838. The van der Waals surface area contributed by atoms with Gasteiger partial charge in [-0.1, -0.05) is 124 Å². The van der Waals surface area contributed by atoms with Crippen molar-refractivity contribution < 1.29 is 19.1 Å². The van der Waals surface area contributed by atoms with E-state index in [9.17, 15) is 9.59 Å². The summed E-state index contributed by atoms with van der Waals surface area (Å²) in [5.74, 6) is 0.451. The maximum atomic E-state index is 11.9. The summed E-state index contributed by atoms with van der Waals surface area (Å²) in [7, 11) is 0. The molecule has 0 N–H and O–H groups in total. The molecule has 0 aromatic rings. The van der Waals surface area contributed by atoms with Gasteiger partial charge in [-0.3, -0.25) is 9.59 Å². The van der Waals surface area contributed by atoms with Gasteiger partial charge < -0.3 is 9.47 Å². The second-order valence-corrected chi connectivity index (χ2v) is 10.5. The largest absolute Gasteiger partial charge is 0.466 e. The van der Waals surface area contributed by atoms with Crippen molar-refractivity contribution in [3.63, 3.8) is 0 Å². The van der Waals surface area contributed by atoms with Gasteiger partial charge >= 0.3 is 11.9 Å². The van der Waals surface area contributed by atoms with Crippen LogP contribution in [0.2, 0.25) is 0 Å². The lowest BCUT2D eigenvalue weighted by molar-refractivity contribution is -0.145. The van der Waals surface area contributed by atoms with Crippen LogP contribution >= 0.6 is 0 Å². The van der Waals surface area contributed by atoms with Crippen LogP contribution in [0.25, 0.3) is 0 Å². The Morgan fingerprint density at radius 2 is 0.886 bits per heavy atom. The van der Waals surface area contributed by atoms with Gasteiger partial charge in [0.2, 0.25) is 0 Å². The van der Waals surface area contributed by atoms with Crippen LogP contribution in [-0.4, -0.2) is 25.2 Å². The maximum Gasteiger partial charge on any atom is 0.305 e. The van der Waals surface area contributed by atoms with Crippen LogP contribution in [0.3, 0.4) is 0 Å². The van der Waals surface area contributed by atoms with Gasteiger partial charge in [-0.25, -0.2) is 0 Å². The number of esters is 2. The molecule has 0 aromatic carbocycles. The van der Waals surface area contributed by atoms with Crippen LogP contribution in [0.1, 0.15) is 168 Å². The average molecular weight is 497 g/mol. The minimum absolute atomic E-state index is 0.0377. The molecule has 0 rings (SSSR count). The highest BCUT2D eigenvalue weighted by atomic mass is 16.5. The van der Waals surface area contributed by atoms with Gasteiger partial charge in [-0.2, -0.15) is 0 Å². The highest BCUT2D eigenvalue weighted by molar-refractivity contribution is 5.69. The van der Waals surface area contributed by atoms with Crippen LogP contribution < -0.4 is 0 Å². The molecular weight excluding hydrogens is 436 g/mol. The molecule has 35 heavy (non-hydrogen) atoms. The van der Waals surface area contributed by atoms with Gasteiger partial charge in [0.15, 0.2) is 0 Å². The smallest absolute Gasteiger partial charge is 0.305 e. The van der Waals surface area contributed by atoms with Crippen LogP contribution in [0.5, 0.6) is 0 Å². The molecule has 0 heterocycles. The summed E-state index contributed by atoms with van der Waals surface area (Å²) in [6.45, 7) is 7.82. The Bertz CT molecular complexity index is 457. The number of hydrogen-bond donors (Lipinski definition) is 0. The Morgan fingerprint density at radius 3 is 1.34 bits per heavy atom. The van der Waals surface area contributed by atoms with Crippen molar-refractivity contribution in [2.75, 3.05) is 13.2 Å². The summed E-state index contributed by atoms with van der Waals surface area (Å²) in [4.78, 5) is 23.8. The fraction of sp³-hybridized carbons (Fsp3) is 0.935. The summed E-state index contributed by atoms with van der Waals surface area (Å²) in [5.41, 5.74) is 0. The van der Waals surface area contributed by atoms with E-state index in [1.807, 2.05) is 0 Å². The summed E-state index contributed by atoms with van der Waals surface area (Å²) in [6.07, 6.45) is 26.3. The molecule has 0 amide bonds. The third kappa shape index (κ3) is 25.8. The zero-order valence-electron chi connectivity index (χ0n) is 23.9. The monoisotopic (exact) mass is 496 g/mol. The van der Waals surface area contributed by atoms with Gasteiger partial charge in [0, 0.05) is 12.8 Å². The van der Waals surface area contributed by atoms with Crippen LogP contribution in [0, 0.1) is 5.92 Å². The van der Waals surface area contributed by atoms with E-state index in [1.165, 1.54) is 64.2 Å². The molecule has 208 valence electrons. The first kappa shape index (κ1) is 33.9. The van der Waals surface area contributed by atoms with Crippen molar-refractivity contribution in [3.8, 4) is 0 Å². The first-order valence-corrected chi connectivity index (χ1v) is 15.4. The molecule has 4 heteroatoms. The summed E-state index contributed by atoms with van der Waals surface area (Å²) < 4.78 is 10.9. The van der Waals surface area contributed by atoms with Gasteiger partial charge in [0.05, 0.1) is 13.2 Å². The van der Waals surface area contributed by atoms with Crippen LogP contribution in [-0.2, 0) is 19.1 Å². The van der Waals surface area contributed by atoms with Crippen molar-refractivity contribution in [1.29, 1.82) is 0 Å². The fourth-order valence-electron chi connectivity index (χ4n) is 4.68. The summed E-state index contributed by atoms with van der Waals surface area (Å²) >= 11 is 0. The molecule has 0 aliphatic rings. The second kappa shape index (κ2) is 27.5. The molecule has 0 spiro atoms. The maximum absolute atomic E-state index is 11.9. The van der Waals surface area contributed by atoms with Crippen LogP contribution in [0.15, 0.2) is 0 Å². The predicted octanol–water partition coefficient (Wildman–Crippen LogP) is 9.72. The number of unbranched alkanes of at least 4 members (excludes halogenated alkanes) is 15. The van der Waals surface area contributed by atoms with E-state index in [0.717, 1.165) is 70.6 Å². The van der Waals surface area contributed by atoms with Crippen molar-refractivity contribution in [1.82, 2.24) is 0 Å². The molecule has 0 saturated carbocycles. The van der Waals surface area contributed by atoms with E-state index >= 15 is 0 Å². The van der Waals surface area contributed by atoms with Crippen molar-refractivity contribution in [3.05, 3.63) is 0 Å². The highest BCUT2D eigenvalue weighted by Gasteiger charge is 2.10. The molecule has 0 atom stereocenters. The lowest BCUT2D eigenvalue weighted by atomic mass is 9.99. The first-order chi connectivity index (χ1) is 17.1. The van der Waals surface area contributed by atoms with E-state index in [-0.39, 0.29) is 11.9 Å². The minimum Gasteiger partial charge on any atom is -0.466 e. The number of carbonyl (C=O) groups excluding carboxylic acids is 2. The van der Waals surface area contributed by atoms with Gasteiger partial charge in [0.1, 0.15) is 0 Å². The SMILES string of the molecule is CCCCCCCCCCCCCOC(=O)CCCCCCCCC(=O)OCC(CCC)CCC. The zero-order valence-corrected chi connectivity index (χ0v) is 23.9. The molecule has 0 radical (unpaired) electrons. The molecule has 0 aliphatic carbocycles. The Balaban J connectivity index is 3.36. The standard InChI is InChI=1S/C31H60O4/c1-4-7-8-9-10-11-12-13-16-19-22-27-34-30(32)25-20-17-14-15-18-21-26-31(33)35-28-29(23-5-2)24-6-3/h29H,4-28H2,1-3H3. The van der Waals surface area contributed by atoms with Gasteiger partial charge in [0.25, 0.3) is 0 Å². The van der Waals surface area contributed by atoms with E-state index < -0.39 is 0 Å². The first-order valence-electron chi connectivity index (χ1n) is 15.4. The third-order valence-corrected chi connectivity index (χ3v) is 6.90. The average Bonchev–Trinajstić information content (AvgIpc) is 2.85. The van der Waals surface area contributed by atoms with E-state index in [1.54, 1.807) is 0 Å². The number of rotatable bonds is 27. The lowest BCUT2D eigenvalue weighted by Gasteiger charge is -2.15. The van der Waals surface area contributed by atoms with Crippen molar-refractivity contribution >= 4 is 11.9 Å². The Hall–Kier alpha value is -1.06. The van der Waals surface area contributed by atoms with Crippen molar-refractivity contribution in [2.45, 2.75) is 168 Å². The second-order valence-electron chi connectivity index (χ2n) is 10.5. The van der Waals surface area contributed by atoms with Crippen molar-refractivity contribution in [2.24, 2.45) is 5.92 Å². The van der Waals surface area contributed by atoms with Gasteiger partial charge in [-0.05, 0) is 38.0 Å². The Kier molecular flexibility index (Phi) is 26.7.